The van der Waals surface area contributed by atoms with Gasteiger partial charge in [0.1, 0.15) is 6.04 Å². The summed E-state index contributed by atoms with van der Waals surface area (Å²) in [4.78, 5) is 14.2. The van der Waals surface area contributed by atoms with Gasteiger partial charge < -0.3 is 10.0 Å². The lowest BCUT2D eigenvalue weighted by atomic mass is 9.97. The second-order valence-corrected chi connectivity index (χ2v) is 7.42. The maximum atomic E-state index is 12.4. The molecular formula is C12H22N2O4S. The number of rotatable bonds is 3. The van der Waals surface area contributed by atoms with Crippen LogP contribution >= 0.6 is 0 Å². The van der Waals surface area contributed by atoms with Crippen molar-refractivity contribution >= 4 is 15.9 Å². The van der Waals surface area contributed by atoms with Crippen molar-refractivity contribution in [1.82, 2.24) is 9.21 Å². The van der Waals surface area contributed by atoms with E-state index in [0.29, 0.717) is 26.1 Å². The Hall–Kier alpha value is -0.660. The van der Waals surface area contributed by atoms with Crippen molar-refractivity contribution < 1.29 is 18.3 Å². The minimum absolute atomic E-state index is 0.0701. The van der Waals surface area contributed by atoms with Crippen LogP contribution in [0.2, 0.25) is 0 Å². The third kappa shape index (κ3) is 3.27. The van der Waals surface area contributed by atoms with Crippen molar-refractivity contribution in [3.05, 3.63) is 0 Å². The number of aliphatic hydroxyl groups excluding tert-OH is 1. The Balaban J connectivity index is 2.00. The van der Waals surface area contributed by atoms with E-state index in [0.717, 1.165) is 25.5 Å². The lowest BCUT2D eigenvalue weighted by molar-refractivity contribution is -0.136. The van der Waals surface area contributed by atoms with Crippen LogP contribution in [0.1, 0.15) is 25.7 Å². The van der Waals surface area contributed by atoms with E-state index in [1.165, 1.54) is 4.31 Å². The highest BCUT2D eigenvalue weighted by Crippen LogP contribution is 2.24. The van der Waals surface area contributed by atoms with Crippen LogP contribution in [-0.4, -0.2) is 67.2 Å². The fraction of sp³-hybridized carbons (Fsp3) is 0.917. The van der Waals surface area contributed by atoms with Crippen molar-refractivity contribution in [1.29, 1.82) is 0 Å². The monoisotopic (exact) mass is 290 g/mol. The van der Waals surface area contributed by atoms with Crippen LogP contribution < -0.4 is 0 Å². The highest BCUT2D eigenvalue weighted by atomic mass is 32.2. The molecule has 1 N–H and O–H groups in total. The predicted molar refractivity (Wildman–Crippen MR) is 71.0 cm³/mol. The molecule has 1 amide bonds. The molecule has 2 rings (SSSR count). The number of nitrogens with zero attached hydrogens (tertiary/aromatic N) is 2. The Labute approximate surface area is 114 Å². The molecule has 2 saturated heterocycles. The van der Waals surface area contributed by atoms with E-state index in [1.807, 2.05) is 0 Å². The van der Waals surface area contributed by atoms with E-state index in [4.69, 9.17) is 5.11 Å². The van der Waals surface area contributed by atoms with Gasteiger partial charge >= 0.3 is 0 Å². The Kier molecular flexibility index (Phi) is 4.47. The highest BCUT2D eigenvalue weighted by molar-refractivity contribution is 7.88. The summed E-state index contributed by atoms with van der Waals surface area (Å²) >= 11 is 0. The number of amides is 1. The van der Waals surface area contributed by atoms with Crippen LogP contribution in [0.25, 0.3) is 0 Å². The molecule has 19 heavy (non-hydrogen) atoms. The predicted octanol–water partition coefficient (Wildman–Crippen LogP) is -0.359. The molecule has 0 saturated carbocycles. The standard InChI is InChI=1S/C12H22N2O4S/c1-19(17,18)14-6-2-3-11(14)12(16)13-7-4-10(9-15)5-8-13/h10-11,15H,2-9H2,1H3. The van der Waals surface area contributed by atoms with Crippen LogP contribution in [0.3, 0.4) is 0 Å². The summed E-state index contributed by atoms with van der Waals surface area (Å²) in [5, 5.41) is 9.09. The Bertz CT molecular complexity index is 429. The number of carbonyl (C=O) groups excluding carboxylic acids is 1. The molecule has 0 spiro atoms. The van der Waals surface area contributed by atoms with Gasteiger partial charge in [0.15, 0.2) is 0 Å². The lowest BCUT2D eigenvalue weighted by Gasteiger charge is -2.34. The SMILES string of the molecule is CS(=O)(=O)N1CCCC1C(=O)N1CCC(CO)CC1. The van der Waals surface area contributed by atoms with Crippen molar-refractivity contribution in [3.8, 4) is 0 Å². The van der Waals surface area contributed by atoms with Crippen LogP contribution in [0, 0.1) is 5.92 Å². The molecule has 2 fully saturated rings. The summed E-state index contributed by atoms with van der Waals surface area (Å²) in [6, 6.07) is -0.513. The molecule has 0 aromatic rings. The summed E-state index contributed by atoms with van der Waals surface area (Å²) in [5.41, 5.74) is 0. The molecule has 2 aliphatic heterocycles. The van der Waals surface area contributed by atoms with Crippen LogP contribution in [-0.2, 0) is 14.8 Å². The molecule has 0 aromatic heterocycles. The minimum Gasteiger partial charge on any atom is -0.396 e. The molecular weight excluding hydrogens is 268 g/mol. The molecule has 1 unspecified atom stereocenters. The van der Waals surface area contributed by atoms with Crippen LogP contribution in [0.5, 0.6) is 0 Å². The topological polar surface area (TPSA) is 77.9 Å². The molecule has 2 heterocycles. The molecule has 6 nitrogen and oxygen atoms in total. The van der Waals surface area contributed by atoms with E-state index < -0.39 is 16.1 Å². The summed E-state index contributed by atoms with van der Waals surface area (Å²) < 4.78 is 24.6. The minimum atomic E-state index is -3.30. The summed E-state index contributed by atoms with van der Waals surface area (Å²) in [6.45, 7) is 1.86. The molecule has 7 heteroatoms. The van der Waals surface area contributed by atoms with Gasteiger partial charge in [-0.2, -0.15) is 4.31 Å². The maximum absolute atomic E-state index is 12.4. The van der Waals surface area contributed by atoms with E-state index in [9.17, 15) is 13.2 Å². The number of piperidine rings is 1. The smallest absolute Gasteiger partial charge is 0.241 e. The summed E-state index contributed by atoms with van der Waals surface area (Å²) in [6.07, 6.45) is 4.13. The van der Waals surface area contributed by atoms with Crippen molar-refractivity contribution in [3.63, 3.8) is 0 Å². The average molecular weight is 290 g/mol. The average Bonchev–Trinajstić information content (AvgIpc) is 2.87. The number of likely N-dealkylation sites (tertiary alicyclic amines) is 1. The van der Waals surface area contributed by atoms with Crippen LogP contribution in [0.15, 0.2) is 0 Å². The first-order valence-electron chi connectivity index (χ1n) is 6.80. The Morgan fingerprint density at radius 2 is 1.84 bits per heavy atom. The largest absolute Gasteiger partial charge is 0.396 e. The normalized spacial score (nSPS) is 26.8. The van der Waals surface area contributed by atoms with Gasteiger partial charge in [-0.1, -0.05) is 0 Å². The van der Waals surface area contributed by atoms with Gasteiger partial charge in [0, 0.05) is 26.2 Å². The van der Waals surface area contributed by atoms with E-state index in [2.05, 4.69) is 0 Å². The fourth-order valence-electron chi connectivity index (χ4n) is 2.93. The number of hydrogen-bond donors (Lipinski definition) is 1. The molecule has 0 bridgehead atoms. The lowest BCUT2D eigenvalue weighted by Crippen LogP contribution is -2.49. The van der Waals surface area contributed by atoms with Crippen molar-refractivity contribution in [2.75, 3.05) is 32.5 Å². The summed E-state index contributed by atoms with van der Waals surface area (Å²) in [7, 11) is -3.30. The Morgan fingerprint density at radius 3 is 2.37 bits per heavy atom. The fourth-order valence-corrected chi connectivity index (χ4v) is 4.05. The first-order chi connectivity index (χ1) is 8.93. The molecule has 0 aromatic carbocycles. The van der Waals surface area contributed by atoms with Gasteiger partial charge in [-0.05, 0) is 31.6 Å². The number of hydrogen-bond acceptors (Lipinski definition) is 4. The molecule has 0 radical (unpaired) electrons. The highest BCUT2D eigenvalue weighted by Gasteiger charge is 2.39. The van der Waals surface area contributed by atoms with Gasteiger partial charge in [0.2, 0.25) is 15.9 Å². The molecule has 110 valence electrons. The zero-order chi connectivity index (χ0) is 14.0. The zero-order valence-corrected chi connectivity index (χ0v) is 12.1. The molecule has 2 aliphatic rings. The van der Waals surface area contributed by atoms with E-state index >= 15 is 0 Å². The van der Waals surface area contributed by atoms with Crippen LogP contribution in [0.4, 0.5) is 0 Å². The first-order valence-corrected chi connectivity index (χ1v) is 8.64. The zero-order valence-electron chi connectivity index (χ0n) is 11.3. The van der Waals surface area contributed by atoms with Gasteiger partial charge in [0.05, 0.1) is 6.26 Å². The van der Waals surface area contributed by atoms with Gasteiger partial charge in [-0.3, -0.25) is 4.79 Å². The van der Waals surface area contributed by atoms with Gasteiger partial charge in [0.25, 0.3) is 0 Å². The third-order valence-electron chi connectivity index (χ3n) is 4.10. The molecule has 1 atom stereocenters. The third-order valence-corrected chi connectivity index (χ3v) is 5.39. The number of carbonyl (C=O) groups is 1. The quantitative estimate of drug-likeness (QED) is 0.770. The first kappa shape index (κ1) is 14.7. The van der Waals surface area contributed by atoms with Gasteiger partial charge in [-0.15, -0.1) is 0 Å². The number of aliphatic hydroxyl groups is 1. The second-order valence-electron chi connectivity index (χ2n) is 5.48. The maximum Gasteiger partial charge on any atom is 0.241 e. The number of sulfonamides is 1. The van der Waals surface area contributed by atoms with E-state index in [1.54, 1.807) is 4.90 Å². The summed E-state index contributed by atoms with van der Waals surface area (Å²) in [5.74, 6) is 0.206. The van der Waals surface area contributed by atoms with Crippen molar-refractivity contribution in [2.24, 2.45) is 5.92 Å². The van der Waals surface area contributed by atoms with Crippen molar-refractivity contribution in [2.45, 2.75) is 31.7 Å². The Morgan fingerprint density at radius 1 is 1.21 bits per heavy atom. The van der Waals surface area contributed by atoms with E-state index in [-0.39, 0.29) is 18.4 Å². The van der Waals surface area contributed by atoms with Gasteiger partial charge in [-0.25, -0.2) is 8.42 Å². The molecule has 0 aliphatic carbocycles. The second kappa shape index (κ2) is 5.76.